The van der Waals surface area contributed by atoms with Gasteiger partial charge in [-0.25, -0.2) is 0 Å². The molecular formula is C12H19NO2. The van der Waals surface area contributed by atoms with Crippen molar-refractivity contribution in [2.45, 2.75) is 26.3 Å². The zero-order valence-corrected chi connectivity index (χ0v) is 9.58. The lowest BCUT2D eigenvalue weighted by atomic mass is 10.1. The molecule has 0 atom stereocenters. The second kappa shape index (κ2) is 5.61. The monoisotopic (exact) mass is 209 g/mol. The second-order valence-electron chi connectivity index (χ2n) is 3.87. The SMILES string of the molecule is COc1ccc(CCNC(C)C)cc1O. The molecule has 0 spiro atoms. The van der Waals surface area contributed by atoms with Crippen LogP contribution in [-0.2, 0) is 6.42 Å². The summed E-state index contributed by atoms with van der Waals surface area (Å²) in [7, 11) is 1.55. The van der Waals surface area contributed by atoms with Crippen LogP contribution in [0.4, 0.5) is 0 Å². The fourth-order valence-corrected chi connectivity index (χ4v) is 1.40. The number of nitrogens with one attached hydrogen (secondary N) is 1. The van der Waals surface area contributed by atoms with Gasteiger partial charge >= 0.3 is 0 Å². The Morgan fingerprint density at radius 1 is 1.40 bits per heavy atom. The molecule has 0 fully saturated rings. The minimum atomic E-state index is 0.208. The molecule has 0 bridgehead atoms. The molecule has 0 amide bonds. The van der Waals surface area contributed by atoms with E-state index in [0.717, 1.165) is 18.5 Å². The predicted octanol–water partition coefficient (Wildman–Crippen LogP) is 1.94. The van der Waals surface area contributed by atoms with E-state index < -0.39 is 0 Å². The first kappa shape index (κ1) is 11.9. The highest BCUT2D eigenvalue weighted by Crippen LogP contribution is 2.26. The topological polar surface area (TPSA) is 41.5 Å². The summed E-state index contributed by atoms with van der Waals surface area (Å²) in [5, 5.41) is 12.9. The Kier molecular flexibility index (Phi) is 4.43. The molecule has 0 saturated carbocycles. The Bertz CT molecular complexity index is 310. The summed E-state index contributed by atoms with van der Waals surface area (Å²) in [5.41, 5.74) is 1.11. The number of ether oxygens (including phenoxy) is 1. The van der Waals surface area contributed by atoms with Gasteiger partial charge in [0.2, 0.25) is 0 Å². The lowest BCUT2D eigenvalue weighted by Crippen LogP contribution is -2.24. The average Bonchev–Trinajstić information content (AvgIpc) is 2.17. The van der Waals surface area contributed by atoms with E-state index in [1.807, 2.05) is 6.07 Å². The van der Waals surface area contributed by atoms with Gasteiger partial charge in [0.1, 0.15) is 0 Å². The Labute approximate surface area is 91.1 Å². The summed E-state index contributed by atoms with van der Waals surface area (Å²) < 4.78 is 4.98. The number of rotatable bonds is 5. The molecule has 0 unspecified atom stereocenters. The van der Waals surface area contributed by atoms with E-state index in [1.165, 1.54) is 0 Å². The van der Waals surface area contributed by atoms with E-state index in [0.29, 0.717) is 11.8 Å². The Hall–Kier alpha value is -1.22. The normalized spacial score (nSPS) is 10.7. The van der Waals surface area contributed by atoms with E-state index in [2.05, 4.69) is 19.2 Å². The highest BCUT2D eigenvalue weighted by atomic mass is 16.5. The average molecular weight is 209 g/mol. The smallest absolute Gasteiger partial charge is 0.160 e. The third-order valence-corrected chi connectivity index (χ3v) is 2.21. The van der Waals surface area contributed by atoms with Crippen molar-refractivity contribution in [3.05, 3.63) is 23.8 Å². The van der Waals surface area contributed by atoms with E-state index in [-0.39, 0.29) is 5.75 Å². The quantitative estimate of drug-likeness (QED) is 0.778. The first-order valence-corrected chi connectivity index (χ1v) is 5.22. The molecule has 2 N–H and O–H groups in total. The zero-order valence-electron chi connectivity index (χ0n) is 9.58. The van der Waals surface area contributed by atoms with Gasteiger partial charge in [-0.05, 0) is 30.7 Å². The fraction of sp³-hybridized carbons (Fsp3) is 0.500. The summed E-state index contributed by atoms with van der Waals surface area (Å²) >= 11 is 0. The summed E-state index contributed by atoms with van der Waals surface area (Å²) in [5.74, 6) is 0.732. The maximum atomic E-state index is 9.55. The van der Waals surface area contributed by atoms with Crippen LogP contribution in [-0.4, -0.2) is 24.8 Å². The van der Waals surface area contributed by atoms with Crippen LogP contribution in [0, 0.1) is 0 Å². The van der Waals surface area contributed by atoms with Crippen molar-refractivity contribution in [3.63, 3.8) is 0 Å². The van der Waals surface area contributed by atoms with Gasteiger partial charge in [0.05, 0.1) is 7.11 Å². The first-order chi connectivity index (χ1) is 7.13. The number of phenolic OH excluding ortho intramolecular Hbond substituents is 1. The molecule has 3 heteroatoms. The van der Waals surface area contributed by atoms with Gasteiger partial charge in [0.25, 0.3) is 0 Å². The lowest BCUT2D eigenvalue weighted by molar-refractivity contribution is 0.373. The van der Waals surface area contributed by atoms with Crippen LogP contribution in [0.15, 0.2) is 18.2 Å². The minimum absolute atomic E-state index is 0.208. The third-order valence-electron chi connectivity index (χ3n) is 2.21. The standard InChI is InChI=1S/C12H19NO2/c1-9(2)13-7-6-10-4-5-12(15-3)11(14)8-10/h4-5,8-9,13-14H,6-7H2,1-3H3. The number of hydrogen-bond acceptors (Lipinski definition) is 3. The Morgan fingerprint density at radius 2 is 2.13 bits per heavy atom. The highest BCUT2D eigenvalue weighted by molar-refractivity contribution is 5.41. The van der Waals surface area contributed by atoms with Gasteiger partial charge in [-0.1, -0.05) is 19.9 Å². The van der Waals surface area contributed by atoms with Gasteiger partial charge in [-0.2, -0.15) is 0 Å². The van der Waals surface area contributed by atoms with E-state index >= 15 is 0 Å². The molecule has 0 aliphatic heterocycles. The largest absolute Gasteiger partial charge is 0.504 e. The van der Waals surface area contributed by atoms with Crippen LogP contribution in [0.5, 0.6) is 11.5 Å². The molecule has 0 aromatic heterocycles. The summed E-state index contributed by atoms with van der Waals surface area (Å²) in [4.78, 5) is 0. The summed E-state index contributed by atoms with van der Waals surface area (Å²) in [6.45, 7) is 5.15. The maximum absolute atomic E-state index is 9.55. The Morgan fingerprint density at radius 3 is 2.67 bits per heavy atom. The second-order valence-corrected chi connectivity index (χ2v) is 3.87. The van der Waals surface area contributed by atoms with E-state index in [9.17, 15) is 5.11 Å². The van der Waals surface area contributed by atoms with E-state index in [4.69, 9.17) is 4.74 Å². The van der Waals surface area contributed by atoms with Crippen molar-refractivity contribution in [1.82, 2.24) is 5.32 Å². The molecule has 15 heavy (non-hydrogen) atoms. The van der Waals surface area contributed by atoms with Gasteiger partial charge in [0.15, 0.2) is 11.5 Å². The van der Waals surface area contributed by atoms with Crippen LogP contribution in [0.1, 0.15) is 19.4 Å². The maximum Gasteiger partial charge on any atom is 0.160 e. The van der Waals surface area contributed by atoms with Crippen molar-refractivity contribution >= 4 is 0 Å². The van der Waals surface area contributed by atoms with Crippen molar-refractivity contribution in [2.75, 3.05) is 13.7 Å². The minimum Gasteiger partial charge on any atom is -0.504 e. The van der Waals surface area contributed by atoms with Crippen LogP contribution < -0.4 is 10.1 Å². The van der Waals surface area contributed by atoms with Crippen molar-refractivity contribution < 1.29 is 9.84 Å². The van der Waals surface area contributed by atoms with Crippen molar-refractivity contribution in [1.29, 1.82) is 0 Å². The molecule has 0 saturated heterocycles. The molecule has 0 aliphatic rings. The molecule has 1 aromatic carbocycles. The van der Waals surface area contributed by atoms with Crippen LogP contribution in [0.2, 0.25) is 0 Å². The van der Waals surface area contributed by atoms with Crippen molar-refractivity contribution in [2.24, 2.45) is 0 Å². The Balaban J connectivity index is 2.52. The molecule has 3 nitrogen and oxygen atoms in total. The molecule has 0 radical (unpaired) electrons. The van der Waals surface area contributed by atoms with Gasteiger partial charge in [0, 0.05) is 6.04 Å². The van der Waals surface area contributed by atoms with Gasteiger partial charge in [-0.3, -0.25) is 0 Å². The highest BCUT2D eigenvalue weighted by Gasteiger charge is 2.02. The molecule has 1 aromatic rings. The van der Waals surface area contributed by atoms with Crippen LogP contribution in [0.3, 0.4) is 0 Å². The van der Waals surface area contributed by atoms with Crippen LogP contribution in [0.25, 0.3) is 0 Å². The first-order valence-electron chi connectivity index (χ1n) is 5.22. The fourth-order valence-electron chi connectivity index (χ4n) is 1.40. The molecule has 0 heterocycles. The number of phenols is 1. The van der Waals surface area contributed by atoms with Crippen molar-refractivity contribution in [3.8, 4) is 11.5 Å². The van der Waals surface area contributed by atoms with Gasteiger partial charge < -0.3 is 15.2 Å². The van der Waals surface area contributed by atoms with E-state index in [1.54, 1.807) is 19.2 Å². The molecule has 1 rings (SSSR count). The third kappa shape index (κ3) is 3.80. The van der Waals surface area contributed by atoms with Gasteiger partial charge in [-0.15, -0.1) is 0 Å². The molecule has 0 aliphatic carbocycles. The number of benzene rings is 1. The predicted molar refractivity (Wildman–Crippen MR) is 61.5 cm³/mol. The number of methoxy groups -OCH3 is 1. The zero-order chi connectivity index (χ0) is 11.3. The summed E-state index contributed by atoms with van der Waals surface area (Å²) in [6, 6.07) is 6.01. The summed E-state index contributed by atoms with van der Waals surface area (Å²) in [6.07, 6.45) is 0.912. The number of aromatic hydroxyl groups is 1. The lowest BCUT2D eigenvalue weighted by Gasteiger charge is -2.09. The molecule has 84 valence electrons. The van der Waals surface area contributed by atoms with Crippen LogP contribution >= 0.6 is 0 Å². The molecular weight excluding hydrogens is 190 g/mol. The number of hydrogen-bond donors (Lipinski definition) is 2.